The molecule has 0 aliphatic carbocycles. The summed E-state index contributed by atoms with van der Waals surface area (Å²) in [5.41, 5.74) is 0.674. The number of imide groups is 1. The van der Waals surface area contributed by atoms with Crippen LogP contribution in [-0.4, -0.2) is 52.9 Å². The van der Waals surface area contributed by atoms with E-state index >= 15 is 0 Å². The zero-order valence-corrected chi connectivity index (χ0v) is 11.4. The largest absolute Gasteiger partial charge is 0.340 e. The molecule has 3 amide bonds. The number of hydrogen-bond donors (Lipinski definition) is 0. The van der Waals surface area contributed by atoms with Crippen LogP contribution < -0.4 is 0 Å². The van der Waals surface area contributed by atoms with E-state index in [1.807, 2.05) is 0 Å². The first-order valence-electron chi connectivity index (χ1n) is 6.82. The van der Waals surface area contributed by atoms with Crippen LogP contribution in [0, 0.1) is 0 Å². The number of benzene rings is 1. The monoisotopic (exact) mass is 286 g/mol. The van der Waals surface area contributed by atoms with Crippen molar-refractivity contribution >= 4 is 23.5 Å². The van der Waals surface area contributed by atoms with E-state index in [-0.39, 0.29) is 18.2 Å². The Bertz CT molecular complexity index is 608. The molecule has 0 unspecified atom stereocenters. The fraction of sp³-hybridized carbons (Fsp3) is 0.333. The SMILES string of the molecule is O=C1CCN(C(=O)CN2C(=O)c3ccccc3C2=O)CC1. The lowest BCUT2D eigenvalue weighted by Gasteiger charge is -2.27. The lowest BCUT2D eigenvalue weighted by molar-refractivity contribution is -0.134. The number of ketones is 1. The molecule has 3 rings (SSSR count). The fourth-order valence-electron chi connectivity index (χ4n) is 2.62. The molecule has 108 valence electrons. The molecule has 21 heavy (non-hydrogen) atoms. The zero-order valence-electron chi connectivity index (χ0n) is 11.4. The number of rotatable bonds is 2. The Hall–Kier alpha value is -2.50. The van der Waals surface area contributed by atoms with Gasteiger partial charge in [0.05, 0.1) is 11.1 Å². The number of piperidine rings is 1. The number of nitrogens with zero attached hydrogens (tertiary/aromatic N) is 2. The number of fused-ring (bicyclic) bond motifs is 1. The van der Waals surface area contributed by atoms with Crippen molar-refractivity contribution in [3.8, 4) is 0 Å². The Morgan fingerprint density at radius 3 is 2.00 bits per heavy atom. The zero-order chi connectivity index (χ0) is 15.0. The van der Waals surface area contributed by atoms with Gasteiger partial charge in [-0.15, -0.1) is 0 Å². The number of likely N-dealkylation sites (tertiary alicyclic amines) is 1. The molecular weight excluding hydrogens is 272 g/mol. The van der Waals surface area contributed by atoms with Gasteiger partial charge in [0.1, 0.15) is 12.3 Å². The van der Waals surface area contributed by atoms with Gasteiger partial charge in [0.2, 0.25) is 5.91 Å². The summed E-state index contributed by atoms with van der Waals surface area (Å²) in [5, 5.41) is 0. The van der Waals surface area contributed by atoms with Gasteiger partial charge in [-0.05, 0) is 12.1 Å². The van der Waals surface area contributed by atoms with Gasteiger partial charge >= 0.3 is 0 Å². The average Bonchev–Trinajstić information content (AvgIpc) is 2.73. The van der Waals surface area contributed by atoms with Gasteiger partial charge in [0.25, 0.3) is 11.8 Å². The highest BCUT2D eigenvalue weighted by Gasteiger charge is 2.37. The quantitative estimate of drug-likeness (QED) is 0.741. The first-order chi connectivity index (χ1) is 10.1. The molecule has 0 aromatic heterocycles. The Morgan fingerprint density at radius 1 is 0.952 bits per heavy atom. The maximum Gasteiger partial charge on any atom is 0.262 e. The molecule has 1 saturated heterocycles. The highest BCUT2D eigenvalue weighted by molar-refractivity contribution is 6.22. The molecule has 0 bridgehead atoms. The molecule has 1 aromatic carbocycles. The highest BCUT2D eigenvalue weighted by Crippen LogP contribution is 2.22. The number of carbonyl (C=O) groups excluding carboxylic acids is 4. The van der Waals surface area contributed by atoms with Crippen molar-refractivity contribution in [2.24, 2.45) is 0 Å². The molecule has 0 radical (unpaired) electrons. The van der Waals surface area contributed by atoms with Crippen molar-refractivity contribution in [1.82, 2.24) is 9.80 Å². The Labute approximate surface area is 121 Å². The van der Waals surface area contributed by atoms with Crippen molar-refractivity contribution in [3.63, 3.8) is 0 Å². The van der Waals surface area contributed by atoms with Crippen LogP contribution in [0.3, 0.4) is 0 Å². The van der Waals surface area contributed by atoms with Gasteiger partial charge in [0, 0.05) is 25.9 Å². The van der Waals surface area contributed by atoms with Gasteiger partial charge < -0.3 is 4.90 Å². The Balaban J connectivity index is 1.72. The van der Waals surface area contributed by atoms with Gasteiger partial charge in [-0.25, -0.2) is 0 Å². The molecule has 2 aliphatic heterocycles. The summed E-state index contributed by atoms with van der Waals surface area (Å²) >= 11 is 0. The number of hydrogen-bond acceptors (Lipinski definition) is 4. The minimum atomic E-state index is -0.433. The van der Waals surface area contributed by atoms with Gasteiger partial charge in [-0.1, -0.05) is 12.1 Å². The van der Waals surface area contributed by atoms with Gasteiger partial charge in [-0.2, -0.15) is 0 Å². The lowest BCUT2D eigenvalue weighted by atomic mass is 10.1. The third-order valence-corrected chi connectivity index (χ3v) is 3.85. The molecule has 2 aliphatic rings. The Morgan fingerprint density at radius 2 is 1.48 bits per heavy atom. The molecule has 0 spiro atoms. The van der Waals surface area contributed by atoms with Crippen molar-refractivity contribution < 1.29 is 19.2 Å². The maximum absolute atomic E-state index is 12.2. The van der Waals surface area contributed by atoms with E-state index in [0.29, 0.717) is 37.1 Å². The van der Waals surface area contributed by atoms with Crippen molar-refractivity contribution in [2.75, 3.05) is 19.6 Å². The molecule has 0 atom stereocenters. The maximum atomic E-state index is 12.2. The standard InChI is InChI=1S/C15H14N2O4/c18-10-5-7-16(8-6-10)13(19)9-17-14(20)11-3-1-2-4-12(11)15(17)21/h1-4H,5-9H2. The van der Waals surface area contributed by atoms with Crippen LogP contribution in [-0.2, 0) is 9.59 Å². The molecule has 6 heteroatoms. The van der Waals surface area contributed by atoms with Crippen LogP contribution in [0.25, 0.3) is 0 Å². The lowest BCUT2D eigenvalue weighted by Crippen LogP contribution is -2.45. The van der Waals surface area contributed by atoms with Crippen LogP contribution in [0.15, 0.2) is 24.3 Å². The van der Waals surface area contributed by atoms with Gasteiger partial charge in [0.15, 0.2) is 0 Å². The Kier molecular flexibility index (Phi) is 3.29. The summed E-state index contributed by atoms with van der Waals surface area (Å²) < 4.78 is 0. The molecule has 1 aromatic rings. The van der Waals surface area contributed by atoms with E-state index in [9.17, 15) is 19.2 Å². The second-order valence-electron chi connectivity index (χ2n) is 5.16. The van der Waals surface area contributed by atoms with Crippen LogP contribution >= 0.6 is 0 Å². The summed E-state index contributed by atoms with van der Waals surface area (Å²) in [6, 6.07) is 6.54. The van der Waals surface area contributed by atoms with Crippen LogP contribution in [0.1, 0.15) is 33.6 Å². The summed E-state index contributed by atoms with van der Waals surface area (Å²) in [7, 11) is 0. The molecule has 1 fully saturated rings. The highest BCUT2D eigenvalue weighted by atomic mass is 16.2. The fourth-order valence-corrected chi connectivity index (χ4v) is 2.62. The molecular formula is C15H14N2O4. The molecule has 0 N–H and O–H groups in total. The second kappa shape index (κ2) is 5.12. The van der Waals surface area contributed by atoms with Crippen LogP contribution in [0.5, 0.6) is 0 Å². The van der Waals surface area contributed by atoms with E-state index in [1.54, 1.807) is 24.3 Å². The molecule has 6 nitrogen and oxygen atoms in total. The predicted molar refractivity (Wildman–Crippen MR) is 72.6 cm³/mol. The molecule has 0 saturated carbocycles. The summed E-state index contributed by atoms with van der Waals surface area (Å²) in [5.74, 6) is -1.02. The third-order valence-electron chi connectivity index (χ3n) is 3.85. The van der Waals surface area contributed by atoms with E-state index in [0.717, 1.165) is 4.90 Å². The van der Waals surface area contributed by atoms with E-state index in [4.69, 9.17) is 0 Å². The minimum Gasteiger partial charge on any atom is -0.340 e. The topological polar surface area (TPSA) is 74.8 Å². The second-order valence-corrected chi connectivity index (χ2v) is 5.16. The average molecular weight is 286 g/mol. The van der Waals surface area contributed by atoms with Crippen LogP contribution in [0.4, 0.5) is 0 Å². The number of Topliss-reactive ketones (excluding diaryl/α,β-unsaturated/α-hetero) is 1. The number of amides is 3. The summed E-state index contributed by atoms with van der Waals surface area (Å²) in [6.07, 6.45) is 0.682. The van der Waals surface area contributed by atoms with Crippen molar-refractivity contribution in [1.29, 1.82) is 0 Å². The predicted octanol–water partition coefficient (Wildman–Crippen LogP) is 0.474. The van der Waals surface area contributed by atoms with Crippen molar-refractivity contribution in [3.05, 3.63) is 35.4 Å². The van der Waals surface area contributed by atoms with E-state index in [2.05, 4.69) is 0 Å². The normalized spacial score (nSPS) is 18.2. The minimum absolute atomic E-state index is 0.139. The van der Waals surface area contributed by atoms with E-state index < -0.39 is 11.8 Å². The summed E-state index contributed by atoms with van der Waals surface area (Å²) in [4.78, 5) is 50.2. The van der Waals surface area contributed by atoms with E-state index in [1.165, 1.54) is 4.90 Å². The first kappa shape index (κ1) is 13.5. The van der Waals surface area contributed by atoms with Crippen molar-refractivity contribution in [2.45, 2.75) is 12.8 Å². The van der Waals surface area contributed by atoms with Crippen LogP contribution in [0.2, 0.25) is 0 Å². The molecule has 2 heterocycles. The first-order valence-corrected chi connectivity index (χ1v) is 6.82. The van der Waals surface area contributed by atoms with Gasteiger partial charge in [-0.3, -0.25) is 24.1 Å². The number of carbonyl (C=O) groups is 4. The summed E-state index contributed by atoms with van der Waals surface area (Å²) in [6.45, 7) is 0.461. The smallest absolute Gasteiger partial charge is 0.262 e. The third kappa shape index (κ3) is 2.33.